The highest BCUT2D eigenvalue weighted by Crippen LogP contribution is 2.11. The van der Waals surface area contributed by atoms with Crippen LogP contribution in [0.15, 0.2) is 0 Å². The summed E-state index contributed by atoms with van der Waals surface area (Å²) in [5.74, 6) is -0.0265. The van der Waals surface area contributed by atoms with Gasteiger partial charge in [-0.3, -0.25) is 9.69 Å². The molecule has 0 saturated carbocycles. The van der Waals surface area contributed by atoms with Crippen LogP contribution in [-0.2, 0) is 9.53 Å². The van der Waals surface area contributed by atoms with Gasteiger partial charge < -0.3 is 10.1 Å². The number of piperidine rings is 1. The van der Waals surface area contributed by atoms with Crippen LogP contribution >= 0.6 is 0 Å². The summed E-state index contributed by atoms with van der Waals surface area (Å²) in [6.07, 6.45) is 3.92. The zero-order valence-electron chi connectivity index (χ0n) is 9.79. The number of rotatable bonds is 5. The Bertz CT molecular complexity index is 191. The van der Waals surface area contributed by atoms with E-state index in [1.165, 1.54) is 39.5 Å². The van der Waals surface area contributed by atoms with Crippen LogP contribution in [0.4, 0.5) is 0 Å². The number of carbonyl (C=O) groups is 1. The lowest BCUT2D eigenvalue weighted by atomic mass is 10.1. The fourth-order valence-electron chi connectivity index (χ4n) is 1.93. The van der Waals surface area contributed by atoms with Crippen LogP contribution in [0, 0.1) is 0 Å². The highest BCUT2D eigenvalue weighted by atomic mass is 16.5. The molecule has 0 spiro atoms. The number of likely N-dealkylation sites (tertiary alicyclic amines) is 1. The summed E-state index contributed by atoms with van der Waals surface area (Å²) in [7, 11) is 1.54. The summed E-state index contributed by atoms with van der Waals surface area (Å²) >= 11 is 0. The minimum absolute atomic E-state index is 0.0265. The molecule has 1 atom stereocenters. The second-order valence-corrected chi connectivity index (χ2v) is 4.18. The molecule has 1 unspecified atom stereocenters. The molecular weight excluding hydrogens is 192 g/mol. The number of nitrogens with one attached hydrogen (secondary N) is 1. The molecule has 1 saturated heterocycles. The van der Waals surface area contributed by atoms with E-state index in [0.717, 1.165) is 6.54 Å². The summed E-state index contributed by atoms with van der Waals surface area (Å²) < 4.78 is 4.76. The molecule has 1 aliphatic heterocycles. The number of amides is 1. The van der Waals surface area contributed by atoms with Gasteiger partial charge in [-0.05, 0) is 32.9 Å². The van der Waals surface area contributed by atoms with Gasteiger partial charge in [0.05, 0.1) is 0 Å². The Morgan fingerprint density at radius 1 is 1.40 bits per heavy atom. The average molecular weight is 214 g/mol. The largest absolute Gasteiger partial charge is 0.375 e. The molecule has 1 N–H and O–H groups in total. The summed E-state index contributed by atoms with van der Waals surface area (Å²) in [6.45, 7) is 5.38. The van der Waals surface area contributed by atoms with Gasteiger partial charge in [0, 0.05) is 19.7 Å². The Balaban J connectivity index is 2.16. The maximum Gasteiger partial charge on any atom is 0.246 e. The van der Waals surface area contributed by atoms with Crippen LogP contribution in [0.3, 0.4) is 0 Å². The van der Waals surface area contributed by atoms with Gasteiger partial charge in [-0.15, -0.1) is 0 Å². The van der Waals surface area contributed by atoms with Crippen LogP contribution < -0.4 is 5.32 Å². The predicted octanol–water partition coefficient (Wildman–Crippen LogP) is 0.623. The van der Waals surface area contributed by atoms with E-state index in [4.69, 9.17) is 4.74 Å². The smallest absolute Gasteiger partial charge is 0.246 e. The Labute approximate surface area is 92.0 Å². The molecule has 0 bridgehead atoms. The quantitative estimate of drug-likeness (QED) is 0.729. The first-order valence-corrected chi connectivity index (χ1v) is 5.73. The number of nitrogens with zero attached hydrogens (tertiary/aromatic N) is 1. The van der Waals surface area contributed by atoms with Gasteiger partial charge in [-0.1, -0.05) is 6.42 Å². The van der Waals surface area contributed by atoms with Crippen molar-refractivity contribution in [1.82, 2.24) is 10.2 Å². The molecule has 1 amide bonds. The van der Waals surface area contributed by atoms with E-state index >= 15 is 0 Å². The van der Waals surface area contributed by atoms with Crippen molar-refractivity contribution in [2.24, 2.45) is 0 Å². The second kappa shape index (κ2) is 6.80. The van der Waals surface area contributed by atoms with Crippen molar-refractivity contribution in [3.8, 4) is 0 Å². The molecule has 4 nitrogen and oxygen atoms in total. The maximum absolute atomic E-state index is 11.2. The van der Waals surface area contributed by atoms with E-state index in [0.29, 0.717) is 6.04 Å². The van der Waals surface area contributed by atoms with Gasteiger partial charge in [0.15, 0.2) is 0 Å². The van der Waals surface area contributed by atoms with Crippen LogP contribution in [-0.4, -0.2) is 50.2 Å². The second-order valence-electron chi connectivity index (χ2n) is 4.18. The van der Waals surface area contributed by atoms with Crippen LogP contribution in [0.2, 0.25) is 0 Å². The van der Waals surface area contributed by atoms with Gasteiger partial charge >= 0.3 is 0 Å². The lowest BCUT2D eigenvalue weighted by Gasteiger charge is -2.32. The highest BCUT2D eigenvalue weighted by molar-refractivity contribution is 5.77. The van der Waals surface area contributed by atoms with Gasteiger partial charge in [0.2, 0.25) is 5.91 Å². The monoisotopic (exact) mass is 214 g/mol. The van der Waals surface area contributed by atoms with Crippen molar-refractivity contribution >= 4 is 5.91 Å². The molecule has 0 radical (unpaired) electrons. The maximum atomic E-state index is 11.2. The molecule has 0 aromatic rings. The van der Waals surface area contributed by atoms with Crippen molar-refractivity contribution in [2.75, 3.05) is 33.4 Å². The first-order valence-electron chi connectivity index (χ1n) is 5.73. The summed E-state index contributed by atoms with van der Waals surface area (Å²) in [4.78, 5) is 13.6. The zero-order valence-corrected chi connectivity index (χ0v) is 9.79. The fourth-order valence-corrected chi connectivity index (χ4v) is 1.93. The Hall–Kier alpha value is -0.610. The van der Waals surface area contributed by atoms with Gasteiger partial charge in [0.1, 0.15) is 6.61 Å². The van der Waals surface area contributed by atoms with E-state index in [1.54, 1.807) is 0 Å². The van der Waals surface area contributed by atoms with Gasteiger partial charge in [0.25, 0.3) is 0 Å². The topological polar surface area (TPSA) is 41.6 Å². The third kappa shape index (κ3) is 4.62. The van der Waals surface area contributed by atoms with E-state index in [-0.39, 0.29) is 12.5 Å². The first-order chi connectivity index (χ1) is 7.24. The molecular formula is C11H22N2O2. The summed E-state index contributed by atoms with van der Waals surface area (Å²) in [6, 6.07) is 0.436. The van der Waals surface area contributed by atoms with Crippen molar-refractivity contribution in [1.29, 1.82) is 0 Å². The number of ether oxygens (including phenoxy) is 1. The molecule has 1 aliphatic rings. The Morgan fingerprint density at radius 2 is 2.07 bits per heavy atom. The number of methoxy groups -OCH3 is 1. The van der Waals surface area contributed by atoms with Crippen molar-refractivity contribution in [3.63, 3.8) is 0 Å². The average Bonchev–Trinajstić information content (AvgIpc) is 2.27. The molecule has 0 aliphatic carbocycles. The molecule has 1 heterocycles. The van der Waals surface area contributed by atoms with Crippen LogP contribution in [0.25, 0.3) is 0 Å². The van der Waals surface area contributed by atoms with Crippen LogP contribution in [0.5, 0.6) is 0 Å². The minimum atomic E-state index is -0.0265. The van der Waals surface area contributed by atoms with E-state index in [2.05, 4.69) is 17.1 Å². The minimum Gasteiger partial charge on any atom is -0.375 e. The third-order valence-corrected chi connectivity index (χ3v) is 2.88. The molecule has 1 fully saturated rings. The first kappa shape index (κ1) is 12.5. The number of hydrogen-bond acceptors (Lipinski definition) is 3. The molecule has 4 heteroatoms. The third-order valence-electron chi connectivity index (χ3n) is 2.88. The van der Waals surface area contributed by atoms with E-state index in [1.807, 2.05) is 0 Å². The molecule has 0 aromatic heterocycles. The number of hydrogen-bond donors (Lipinski definition) is 1. The van der Waals surface area contributed by atoms with E-state index in [9.17, 15) is 4.79 Å². The Kier molecular flexibility index (Phi) is 5.65. The number of carbonyl (C=O) groups excluding carboxylic acids is 1. The lowest BCUT2D eigenvalue weighted by molar-refractivity contribution is -0.124. The highest BCUT2D eigenvalue weighted by Gasteiger charge is 2.16. The standard InChI is InChI=1S/C11H22N2O2/c1-10(8-12-11(14)9-15-2)13-6-4-3-5-7-13/h10H,3-9H2,1-2H3,(H,12,14). The van der Waals surface area contributed by atoms with Crippen LogP contribution in [0.1, 0.15) is 26.2 Å². The normalized spacial score (nSPS) is 19.9. The summed E-state index contributed by atoms with van der Waals surface area (Å²) in [5.41, 5.74) is 0. The van der Waals surface area contributed by atoms with Crippen molar-refractivity contribution < 1.29 is 9.53 Å². The fraction of sp³-hybridized carbons (Fsp3) is 0.909. The lowest BCUT2D eigenvalue weighted by Crippen LogP contribution is -2.45. The Morgan fingerprint density at radius 3 is 2.67 bits per heavy atom. The molecule has 88 valence electrons. The van der Waals surface area contributed by atoms with E-state index < -0.39 is 0 Å². The summed E-state index contributed by atoms with van der Waals surface area (Å²) in [5, 5.41) is 2.88. The molecule has 1 rings (SSSR count). The molecule has 0 aromatic carbocycles. The van der Waals surface area contributed by atoms with Crippen molar-refractivity contribution in [3.05, 3.63) is 0 Å². The van der Waals surface area contributed by atoms with Gasteiger partial charge in [-0.2, -0.15) is 0 Å². The molecule has 15 heavy (non-hydrogen) atoms. The zero-order chi connectivity index (χ0) is 11.1. The van der Waals surface area contributed by atoms with Gasteiger partial charge in [-0.25, -0.2) is 0 Å². The SMILES string of the molecule is COCC(=O)NCC(C)N1CCCCC1. The predicted molar refractivity (Wildman–Crippen MR) is 59.8 cm³/mol. The van der Waals surface area contributed by atoms with Crippen molar-refractivity contribution in [2.45, 2.75) is 32.2 Å².